The number of hydrogen-bond acceptors (Lipinski definition) is 4. The smallest absolute Gasteiger partial charge is 0.178 e. The maximum atomic E-state index is 6.03. The topological polar surface area (TPSA) is 57.7 Å². The standard InChI is InChI=1S/C21H20ClN5/c1-13-18(10-14-4-6-15(22)7-5-14)17-9-8-16(27(2)3)11-20(17)19(13)12-21-23-25-26-24-21/h4-11H,12H2,1-3H3,(H,23,24,25,26). The number of benzene rings is 2. The fourth-order valence-electron chi connectivity index (χ4n) is 3.42. The molecule has 0 unspecified atom stereocenters. The molecule has 0 atom stereocenters. The van der Waals surface area contributed by atoms with Gasteiger partial charge in [0.25, 0.3) is 0 Å². The molecule has 0 saturated carbocycles. The molecule has 2 aromatic carbocycles. The quantitative estimate of drug-likeness (QED) is 0.727. The second-order valence-electron chi connectivity index (χ2n) is 6.84. The number of allylic oxidation sites excluding steroid dienone is 3. The second kappa shape index (κ2) is 7.00. The molecule has 4 rings (SSSR count). The zero-order chi connectivity index (χ0) is 19.0. The lowest BCUT2D eigenvalue weighted by Gasteiger charge is -2.15. The largest absolute Gasteiger partial charge is 0.378 e. The molecule has 0 saturated heterocycles. The minimum absolute atomic E-state index is 0.643. The molecule has 136 valence electrons. The number of aromatic amines is 1. The van der Waals surface area contributed by atoms with Crippen molar-refractivity contribution in [3.63, 3.8) is 0 Å². The van der Waals surface area contributed by atoms with Gasteiger partial charge in [0.1, 0.15) is 0 Å². The fraction of sp³-hybridized carbons (Fsp3) is 0.190. The van der Waals surface area contributed by atoms with Crippen molar-refractivity contribution in [3.8, 4) is 0 Å². The van der Waals surface area contributed by atoms with Crippen LogP contribution in [-0.2, 0) is 6.42 Å². The molecule has 27 heavy (non-hydrogen) atoms. The van der Waals surface area contributed by atoms with Gasteiger partial charge in [-0.1, -0.05) is 35.0 Å². The summed E-state index contributed by atoms with van der Waals surface area (Å²) in [6.07, 6.45) is 2.85. The Hall–Kier alpha value is -2.92. The highest BCUT2D eigenvalue weighted by Crippen LogP contribution is 2.44. The summed E-state index contributed by atoms with van der Waals surface area (Å²) >= 11 is 6.03. The van der Waals surface area contributed by atoms with Crippen molar-refractivity contribution in [2.24, 2.45) is 0 Å². The Labute approximate surface area is 163 Å². The minimum Gasteiger partial charge on any atom is -0.378 e. The Morgan fingerprint density at radius 2 is 1.85 bits per heavy atom. The molecule has 1 heterocycles. The van der Waals surface area contributed by atoms with E-state index in [1.807, 2.05) is 24.3 Å². The number of H-pyrrole nitrogens is 1. The van der Waals surface area contributed by atoms with Crippen LogP contribution in [-0.4, -0.2) is 34.7 Å². The molecule has 0 aliphatic heterocycles. The normalized spacial score (nSPS) is 14.7. The highest BCUT2D eigenvalue weighted by molar-refractivity contribution is 6.30. The van der Waals surface area contributed by atoms with Gasteiger partial charge < -0.3 is 4.90 Å². The highest BCUT2D eigenvalue weighted by atomic mass is 35.5. The summed E-state index contributed by atoms with van der Waals surface area (Å²) in [7, 11) is 4.10. The number of anilines is 1. The van der Waals surface area contributed by atoms with Crippen LogP contribution in [0, 0.1) is 0 Å². The van der Waals surface area contributed by atoms with E-state index in [1.165, 1.54) is 33.5 Å². The second-order valence-corrected chi connectivity index (χ2v) is 7.28. The summed E-state index contributed by atoms with van der Waals surface area (Å²) in [5, 5.41) is 15.2. The van der Waals surface area contributed by atoms with E-state index in [2.05, 4.69) is 70.8 Å². The predicted molar refractivity (Wildman–Crippen MR) is 111 cm³/mol. The summed E-state index contributed by atoms with van der Waals surface area (Å²) in [4.78, 5) is 2.11. The van der Waals surface area contributed by atoms with Crippen molar-refractivity contribution in [2.75, 3.05) is 19.0 Å². The monoisotopic (exact) mass is 377 g/mol. The van der Waals surface area contributed by atoms with E-state index >= 15 is 0 Å². The molecule has 0 radical (unpaired) electrons. The van der Waals surface area contributed by atoms with Gasteiger partial charge in [-0.3, -0.25) is 0 Å². The molecule has 3 aromatic rings. The van der Waals surface area contributed by atoms with Crippen molar-refractivity contribution < 1.29 is 0 Å². The van der Waals surface area contributed by atoms with Crippen LogP contribution in [0.4, 0.5) is 5.69 Å². The Morgan fingerprint density at radius 1 is 1.07 bits per heavy atom. The number of nitrogens with one attached hydrogen (secondary N) is 1. The molecule has 1 N–H and O–H groups in total. The van der Waals surface area contributed by atoms with E-state index < -0.39 is 0 Å². The molecular formula is C21H20ClN5. The van der Waals surface area contributed by atoms with Crippen LogP contribution in [0.5, 0.6) is 0 Å². The number of aromatic nitrogens is 4. The van der Waals surface area contributed by atoms with Crippen LogP contribution < -0.4 is 4.90 Å². The Morgan fingerprint density at radius 3 is 2.52 bits per heavy atom. The van der Waals surface area contributed by atoms with E-state index in [1.54, 1.807) is 0 Å². The van der Waals surface area contributed by atoms with Crippen LogP contribution in [0.15, 0.2) is 48.0 Å². The number of nitrogens with zero attached hydrogens (tertiary/aromatic N) is 4. The van der Waals surface area contributed by atoms with Gasteiger partial charge in [-0.05, 0) is 70.7 Å². The summed E-state index contributed by atoms with van der Waals surface area (Å²) in [6, 6.07) is 14.5. The molecular weight excluding hydrogens is 358 g/mol. The zero-order valence-electron chi connectivity index (χ0n) is 15.5. The molecule has 0 bridgehead atoms. The van der Waals surface area contributed by atoms with Gasteiger partial charge in [0.15, 0.2) is 5.82 Å². The first-order chi connectivity index (χ1) is 13.0. The third kappa shape index (κ3) is 3.38. The summed E-state index contributed by atoms with van der Waals surface area (Å²) in [6.45, 7) is 2.16. The van der Waals surface area contributed by atoms with Gasteiger partial charge in [0.2, 0.25) is 0 Å². The summed E-state index contributed by atoms with van der Waals surface area (Å²) in [5.74, 6) is 0.693. The van der Waals surface area contributed by atoms with Crippen LogP contribution in [0.25, 0.3) is 17.2 Å². The number of rotatable bonds is 4. The van der Waals surface area contributed by atoms with Crippen molar-refractivity contribution in [1.82, 2.24) is 20.6 Å². The fourth-order valence-corrected chi connectivity index (χ4v) is 3.54. The molecule has 1 aliphatic carbocycles. The first-order valence-electron chi connectivity index (χ1n) is 8.75. The van der Waals surface area contributed by atoms with Crippen LogP contribution >= 0.6 is 11.6 Å². The average Bonchev–Trinajstić information content (AvgIpc) is 3.26. The van der Waals surface area contributed by atoms with Crippen LogP contribution in [0.1, 0.15) is 29.4 Å². The van der Waals surface area contributed by atoms with E-state index in [4.69, 9.17) is 11.6 Å². The van der Waals surface area contributed by atoms with Gasteiger partial charge >= 0.3 is 0 Å². The van der Waals surface area contributed by atoms with Gasteiger partial charge in [0.05, 0.1) is 0 Å². The maximum Gasteiger partial charge on any atom is 0.178 e. The Bertz CT molecular complexity index is 1030. The molecule has 6 heteroatoms. The summed E-state index contributed by atoms with van der Waals surface area (Å²) in [5.41, 5.74) is 8.43. The lowest BCUT2D eigenvalue weighted by molar-refractivity contribution is 0.881. The molecule has 1 aromatic heterocycles. The number of fused-ring (bicyclic) bond motifs is 1. The van der Waals surface area contributed by atoms with Crippen molar-refractivity contribution in [1.29, 1.82) is 0 Å². The molecule has 1 aliphatic rings. The Balaban J connectivity index is 1.85. The van der Waals surface area contributed by atoms with Crippen LogP contribution in [0.3, 0.4) is 0 Å². The first-order valence-corrected chi connectivity index (χ1v) is 9.12. The lowest BCUT2D eigenvalue weighted by Crippen LogP contribution is -2.09. The van der Waals surface area contributed by atoms with E-state index in [9.17, 15) is 0 Å². The number of hydrogen-bond donors (Lipinski definition) is 1. The van der Waals surface area contributed by atoms with Crippen molar-refractivity contribution >= 4 is 34.5 Å². The molecule has 5 nitrogen and oxygen atoms in total. The summed E-state index contributed by atoms with van der Waals surface area (Å²) < 4.78 is 0. The first kappa shape index (κ1) is 17.5. The minimum atomic E-state index is 0.643. The van der Waals surface area contributed by atoms with Gasteiger partial charge in [-0.25, -0.2) is 0 Å². The van der Waals surface area contributed by atoms with E-state index in [0.29, 0.717) is 12.2 Å². The van der Waals surface area contributed by atoms with Gasteiger partial charge in [0, 0.05) is 31.2 Å². The Kier molecular flexibility index (Phi) is 4.54. The van der Waals surface area contributed by atoms with Crippen LogP contribution in [0.2, 0.25) is 5.02 Å². The molecule has 0 amide bonds. The van der Waals surface area contributed by atoms with Crippen molar-refractivity contribution in [2.45, 2.75) is 13.3 Å². The third-order valence-electron chi connectivity index (χ3n) is 4.90. The number of halogens is 1. The predicted octanol–water partition coefficient (Wildman–Crippen LogP) is 4.49. The molecule has 0 fully saturated rings. The number of tetrazole rings is 1. The van der Waals surface area contributed by atoms with E-state index in [0.717, 1.165) is 10.6 Å². The lowest BCUT2D eigenvalue weighted by atomic mass is 10.00. The SMILES string of the molecule is CC1=C(Cc2nn[nH]n2)c2cc(N(C)C)ccc2C1=Cc1ccc(Cl)cc1. The maximum absolute atomic E-state index is 6.03. The third-order valence-corrected chi connectivity index (χ3v) is 5.15. The van der Waals surface area contributed by atoms with Gasteiger partial charge in [-0.2, -0.15) is 5.21 Å². The van der Waals surface area contributed by atoms with Gasteiger partial charge in [-0.15, -0.1) is 10.2 Å². The highest BCUT2D eigenvalue weighted by Gasteiger charge is 2.25. The molecule has 0 spiro atoms. The average molecular weight is 378 g/mol. The van der Waals surface area contributed by atoms with Crippen molar-refractivity contribution in [3.05, 3.63) is 75.6 Å². The van der Waals surface area contributed by atoms with E-state index in [-0.39, 0.29) is 0 Å². The zero-order valence-corrected chi connectivity index (χ0v) is 16.2.